The summed E-state index contributed by atoms with van der Waals surface area (Å²) in [4.78, 5) is 9.38. The summed E-state index contributed by atoms with van der Waals surface area (Å²) in [5.74, 6) is 2.68. The molecule has 1 aliphatic heterocycles. The number of halogens is 1. The average Bonchev–Trinajstić information content (AvgIpc) is 3.20. The van der Waals surface area contributed by atoms with Gasteiger partial charge in [0.1, 0.15) is 23.9 Å². The lowest BCUT2D eigenvalue weighted by atomic mass is 10.2. The molecule has 4 rings (SSSR count). The summed E-state index contributed by atoms with van der Waals surface area (Å²) in [6.45, 7) is 11.7. The van der Waals surface area contributed by atoms with Gasteiger partial charge in [0.05, 0.1) is 18.5 Å². The van der Waals surface area contributed by atoms with Crippen molar-refractivity contribution in [3.05, 3.63) is 23.9 Å². The molecule has 1 saturated heterocycles. The second-order valence-corrected chi connectivity index (χ2v) is 14.9. The minimum atomic E-state index is -1.12. The van der Waals surface area contributed by atoms with Crippen LogP contribution in [0.2, 0.25) is 25.7 Å². The van der Waals surface area contributed by atoms with Gasteiger partial charge in [-0.3, -0.25) is 4.57 Å². The van der Waals surface area contributed by atoms with Gasteiger partial charge in [0.2, 0.25) is 0 Å². The Balaban J connectivity index is 1.57. The summed E-state index contributed by atoms with van der Waals surface area (Å²) in [6, 6.07) is 3.12. The molecule has 0 aliphatic carbocycles. The maximum absolute atomic E-state index is 6.14. The largest absolute Gasteiger partial charge is 0.376 e. The Morgan fingerprint density at radius 1 is 1.27 bits per heavy atom. The zero-order valence-corrected chi connectivity index (χ0v) is 19.8. The molecule has 0 unspecified atom stereocenters. The minimum absolute atomic E-state index is 0.213. The smallest absolute Gasteiger partial charge is 0.167 e. The van der Waals surface area contributed by atoms with Crippen LogP contribution < -0.4 is 0 Å². The van der Waals surface area contributed by atoms with Gasteiger partial charge in [0.15, 0.2) is 11.5 Å². The molecule has 0 N–H and O–H groups in total. The van der Waals surface area contributed by atoms with Crippen molar-refractivity contribution in [3.63, 3.8) is 0 Å². The SMILES string of the molecule is Cc1nnc(-c2cnc3c(c2)nc(CCl)n3C[C@@H]2CCO2)n1COCC[Si](C)(C)C. The minimum Gasteiger partial charge on any atom is -0.376 e. The lowest BCUT2D eigenvalue weighted by Gasteiger charge is -2.27. The van der Waals surface area contributed by atoms with E-state index in [1.165, 1.54) is 0 Å². The highest BCUT2D eigenvalue weighted by Gasteiger charge is 2.23. The van der Waals surface area contributed by atoms with Crippen LogP contribution in [-0.2, 0) is 28.6 Å². The number of fused-ring (bicyclic) bond motifs is 1. The van der Waals surface area contributed by atoms with Gasteiger partial charge in [0, 0.05) is 33.0 Å². The third-order valence-electron chi connectivity index (χ3n) is 5.37. The normalized spacial score (nSPS) is 16.9. The molecule has 3 aromatic rings. The van der Waals surface area contributed by atoms with Crippen LogP contribution in [0.25, 0.3) is 22.6 Å². The fourth-order valence-electron chi connectivity index (χ4n) is 3.39. The number of hydrogen-bond acceptors (Lipinski definition) is 6. The number of aromatic nitrogens is 6. The number of nitrogens with zero attached hydrogens (tertiary/aromatic N) is 6. The highest BCUT2D eigenvalue weighted by atomic mass is 35.5. The van der Waals surface area contributed by atoms with E-state index in [1.54, 1.807) is 0 Å². The predicted octanol–water partition coefficient (Wildman–Crippen LogP) is 3.84. The van der Waals surface area contributed by atoms with E-state index in [4.69, 9.17) is 26.1 Å². The molecule has 162 valence electrons. The molecule has 0 radical (unpaired) electrons. The molecular formula is C20H29ClN6O2Si. The monoisotopic (exact) mass is 448 g/mol. The molecular weight excluding hydrogens is 420 g/mol. The molecule has 8 nitrogen and oxygen atoms in total. The molecule has 1 fully saturated rings. The first-order valence-electron chi connectivity index (χ1n) is 10.4. The summed E-state index contributed by atoms with van der Waals surface area (Å²) >= 11 is 6.14. The van der Waals surface area contributed by atoms with Gasteiger partial charge < -0.3 is 14.0 Å². The number of alkyl halides is 1. The van der Waals surface area contributed by atoms with Crippen LogP contribution in [0.3, 0.4) is 0 Å². The van der Waals surface area contributed by atoms with Crippen LogP contribution in [0, 0.1) is 6.92 Å². The van der Waals surface area contributed by atoms with Crippen LogP contribution in [-0.4, -0.2) is 56.7 Å². The quantitative estimate of drug-likeness (QED) is 0.281. The molecule has 30 heavy (non-hydrogen) atoms. The van der Waals surface area contributed by atoms with E-state index in [0.29, 0.717) is 12.6 Å². The zero-order chi connectivity index (χ0) is 21.3. The van der Waals surface area contributed by atoms with E-state index in [0.717, 1.165) is 66.4 Å². The number of hydrogen-bond donors (Lipinski definition) is 0. The van der Waals surface area contributed by atoms with E-state index in [2.05, 4.69) is 39.4 Å². The third kappa shape index (κ3) is 4.59. The van der Waals surface area contributed by atoms with Crippen LogP contribution >= 0.6 is 11.6 Å². The van der Waals surface area contributed by atoms with Gasteiger partial charge >= 0.3 is 0 Å². The highest BCUT2D eigenvalue weighted by molar-refractivity contribution is 6.76. The molecule has 0 bridgehead atoms. The zero-order valence-electron chi connectivity index (χ0n) is 18.1. The van der Waals surface area contributed by atoms with Gasteiger partial charge in [-0.25, -0.2) is 9.97 Å². The first-order valence-corrected chi connectivity index (χ1v) is 14.6. The summed E-state index contributed by atoms with van der Waals surface area (Å²) in [5.41, 5.74) is 2.48. The summed E-state index contributed by atoms with van der Waals surface area (Å²) in [6.07, 6.45) is 3.09. The lowest BCUT2D eigenvalue weighted by Crippen LogP contribution is -2.31. The standard InChI is InChI=1S/C20H29ClN6O2Si/c1-14-24-25-19(27(14)13-28-7-8-30(2,3)4)15-9-17-20(22-11-15)26(18(10-21)23-17)12-16-5-6-29-16/h9,11,16H,5-8,10,12-13H2,1-4H3/t16-/m0/s1. The van der Waals surface area contributed by atoms with E-state index >= 15 is 0 Å². The second-order valence-electron chi connectivity index (χ2n) is 8.97. The van der Waals surface area contributed by atoms with Gasteiger partial charge in [-0.2, -0.15) is 0 Å². The predicted molar refractivity (Wildman–Crippen MR) is 119 cm³/mol. The number of ether oxygens (including phenoxy) is 2. The Labute approximate surface area is 182 Å². The van der Waals surface area contributed by atoms with Crippen molar-refractivity contribution in [3.8, 4) is 11.4 Å². The summed E-state index contributed by atoms with van der Waals surface area (Å²) < 4.78 is 15.6. The second kappa shape index (κ2) is 8.74. The maximum Gasteiger partial charge on any atom is 0.167 e. The number of rotatable bonds is 9. The number of aryl methyl sites for hydroxylation is 1. The molecule has 4 heterocycles. The fraction of sp³-hybridized carbons (Fsp3) is 0.600. The lowest BCUT2D eigenvalue weighted by molar-refractivity contribution is -0.0590. The van der Waals surface area contributed by atoms with Gasteiger partial charge in [-0.15, -0.1) is 21.8 Å². The first-order chi connectivity index (χ1) is 14.4. The number of imidazole rings is 1. The van der Waals surface area contributed by atoms with Gasteiger partial charge in [0.25, 0.3) is 0 Å². The third-order valence-corrected chi connectivity index (χ3v) is 7.32. The van der Waals surface area contributed by atoms with Crippen molar-refractivity contribution in [1.29, 1.82) is 0 Å². The van der Waals surface area contributed by atoms with Crippen molar-refractivity contribution in [1.82, 2.24) is 29.3 Å². The molecule has 0 saturated carbocycles. The first kappa shape index (κ1) is 21.4. The molecule has 0 spiro atoms. The summed E-state index contributed by atoms with van der Waals surface area (Å²) in [7, 11) is -1.12. The summed E-state index contributed by atoms with van der Waals surface area (Å²) in [5, 5.41) is 8.61. The van der Waals surface area contributed by atoms with Crippen molar-refractivity contribution in [2.45, 2.75) is 64.3 Å². The van der Waals surface area contributed by atoms with Gasteiger partial charge in [-0.1, -0.05) is 19.6 Å². The van der Waals surface area contributed by atoms with E-state index < -0.39 is 8.07 Å². The van der Waals surface area contributed by atoms with Crippen molar-refractivity contribution >= 4 is 30.8 Å². The molecule has 1 atom stereocenters. The van der Waals surface area contributed by atoms with Crippen LogP contribution in [0.4, 0.5) is 0 Å². The van der Waals surface area contributed by atoms with Crippen LogP contribution in [0.15, 0.2) is 12.3 Å². The van der Waals surface area contributed by atoms with Crippen molar-refractivity contribution in [2.75, 3.05) is 13.2 Å². The Hall–Kier alpha value is -1.81. The maximum atomic E-state index is 6.14. The average molecular weight is 449 g/mol. The fourth-order valence-corrected chi connectivity index (χ4v) is 4.35. The van der Waals surface area contributed by atoms with Crippen LogP contribution in [0.1, 0.15) is 18.1 Å². The molecule has 10 heteroatoms. The highest BCUT2D eigenvalue weighted by Crippen LogP contribution is 2.25. The van der Waals surface area contributed by atoms with Crippen LogP contribution in [0.5, 0.6) is 0 Å². The van der Waals surface area contributed by atoms with Crippen molar-refractivity contribution < 1.29 is 9.47 Å². The Morgan fingerprint density at radius 2 is 2.07 bits per heavy atom. The topological polar surface area (TPSA) is 79.9 Å². The molecule has 0 amide bonds. The Bertz CT molecular complexity index is 1020. The van der Waals surface area contributed by atoms with E-state index in [9.17, 15) is 0 Å². The number of pyridine rings is 1. The van der Waals surface area contributed by atoms with E-state index in [1.807, 2.05) is 23.8 Å². The van der Waals surface area contributed by atoms with Crippen molar-refractivity contribution in [2.24, 2.45) is 0 Å². The molecule has 1 aliphatic rings. The van der Waals surface area contributed by atoms with E-state index in [-0.39, 0.29) is 6.10 Å². The van der Waals surface area contributed by atoms with Gasteiger partial charge in [-0.05, 0) is 25.5 Å². The Kier molecular flexibility index (Phi) is 6.24. The molecule has 0 aromatic carbocycles. The Morgan fingerprint density at radius 3 is 2.73 bits per heavy atom. The molecule has 3 aromatic heterocycles.